The number of aromatic nitrogens is 2. The SMILES string of the molecule is CN=C(NCc1ccnc(OC)c1)NCc1nc(C)c(C)o1.I. The van der Waals surface area contributed by atoms with E-state index in [4.69, 9.17) is 9.15 Å². The van der Waals surface area contributed by atoms with E-state index in [0.29, 0.717) is 30.8 Å². The van der Waals surface area contributed by atoms with E-state index >= 15 is 0 Å². The molecule has 0 aliphatic heterocycles. The number of guanidine groups is 1. The molecule has 2 aromatic heterocycles. The average Bonchev–Trinajstić information content (AvgIpc) is 2.86. The highest BCUT2D eigenvalue weighted by molar-refractivity contribution is 14.0. The van der Waals surface area contributed by atoms with Gasteiger partial charge in [-0.25, -0.2) is 9.97 Å². The topological polar surface area (TPSA) is 84.6 Å². The molecule has 0 radical (unpaired) electrons. The maximum Gasteiger partial charge on any atom is 0.214 e. The highest BCUT2D eigenvalue weighted by Gasteiger charge is 2.06. The minimum absolute atomic E-state index is 0. The first kappa shape index (κ1) is 19.2. The lowest BCUT2D eigenvalue weighted by atomic mass is 10.2. The number of aliphatic imine (C=N–C) groups is 1. The normalized spacial score (nSPS) is 10.9. The van der Waals surface area contributed by atoms with E-state index in [9.17, 15) is 0 Å². The van der Waals surface area contributed by atoms with Crippen LogP contribution in [-0.4, -0.2) is 30.1 Å². The van der Waals surface area contributed by atoms with Gasteiger partial charge in [0.1, 0.15) is 5.76 Å². The summed E-state index contributed by atoms with van der Waals surface area (Å²) in [6, 6.07) is 3.80. The molecular weight excluding hydrogens is 409 g/mol. The fourth-order valence-electron chi connectivity index (χ4n) is 1.85. The summed E-state index contributed by atoms with van der Waals surface area (Å²) in [7, 11) is 3.31. The average molecular weight is 431 g/mol. The van der Waals surface area contributed by atoms with Gasteiger partial charge in [0.05, 0.1) is 19.3 Å². The van der Waals surface area contributed by atoms with Crippen LogP contribution in [0, 0.1) is 13.8 Å². The van der Waals surface area contributed by atoms with Gasteiger partial charge in [-0.15, -0.1) is 24.0 Å². The van der Waals surface area contributed by atoms with Crippen molar-refractivity contribution >= 4 is 29.9 Å². The Kier molecular flexibility index (Phi) is 7.79. The van der Waals surface area contributed by atoms with Gasteiger partial charge < -0.3 is 19.8 Å². The van der Waals surface area contributed by atoms with Crippen LogP contribution in [0.25, 0.3) is 0 Å². The Morgan fingerprint density at radius 2 is 2.04 bits per heavy atom. The van der Waals surface area contributed by atoms with Crippen LogP contribution in [0.15, 0.2) is 27.7 Å². The van der Waals surface area contributed by atoms with Crippen LogP contribution in [0.2, 0.25) is 0 Å². The van der Waals surface area contributed by atoms with Crippen molar-refractivity contribution in [2.75, 3.05) is 14.2 Å². The number of rotatable bonds is 5. The molecule has 8 heteroatoms. The molecule has 0 saturated carbocycles. The minimum atomic E-state index is 0. The number of ether oxygens (including phenoxy) is 1. The second-order valence-corrected chi connectivity index (χ2v) is 4.73. The van der Waals surface area contributed by atoms with Gasteiger partial charge in [0, 0.05) is 25.9 Å². The Morgan fingerprint density at radius 1 is 1.30 bits per heavy atom. The fraction of sp³-hybridized carbons (Fsp3) is 0.400. The summed E-state index contributed by atoms with van der Waals surface area (Å²) in [6.45, 7) is 4.91. The zero-order valence-corrected chi connectivity index (χ0v) is 16.0. The van der Waals surface area contributed by atoms with Crippen molar-refractivity contribution < 1.29 is 9.15 Å². The number of oxazole rings is 1. The smallest absolute Gasteiger partial charge is 0.214 e. The lowest BCUT2D eigenvalue weighted by molar-refractivity contribution is 0.397. The van der Waals surface area contributed by atoms with Gasteiger partial charge in [0.15, 0.2) is 5.96 Å². The van der Waals surface area contributed by atoms with Crippen LogP contribution in [-0.2, 0) is 13.1 Å². The third kappa shape index (κ3) is 5.70. The highest BCUT2D eigenvalue weighted by atomic mass is 127. The molecule has 0 unspecified atom stereocenters. The van der Waals surface area contributed by atoms with Gasteiger partial charge in [-0.1, -0.05) is 0 Å². The van der Waals surface area contributed by atoms with Crippen LogP contribution in [0.1, 0.15) is 22.9 Å². The standard InChI is InChI=1S/C15H21N5O2.HI/c1-10-11(2)22-14(20-10)9-19-15(16-3)18-8-12-5-6-17-13(7-12)21-4;/h5-7H,8-9H2,1-4H3,(H2,16,18,19);1H. The quantitative estimate of drug-likeness (QED) is 0.429. The number of nitrogens with zero attached hydrogens (tertiary/aromatic N) is 3. The maximum absolute atomic E-state index is 5.52. The summed E-state index contributed by atoms with van der Waals surface area (Å²) in [5.41, 5.74) is 1.96. The second kappa shape index (κ2) is 9.33. The van der Waals surface area contributed by atoms with E-state index in [1.165, 1.54) is 0 Å². The number of methoxy groups -OCH3 is 1. The minimum Gasteiger partial charge on any atom is -0.481 e. The number of nitrogens with one attached hydrogen (secondary N) is 2. The molecule has 23 heavy (non-hydrogen) atoms. The van der Waals surface area contributed by atoms with Gasteiger partial charge >= 0.3 is 0 Å². The highest BCUT2D eigenvalue weighted by Crippen LogP contribution is 2.09. The summed E-state index contributed by atoms with van der Waals surface area (Å²) >= 11 is 0. The lowest BCUT2D eigenvalue weighted by Gasteiger charge is -2.11. The van der Waals surface area contributed by atoms with Gasteiger partial charge in [0.2, 0.25) is 11.8 Å². The third-order valence-electron chi connectivity index (χ3n) is 3.17. The first-order valence-corrected chi connectivity index (χ1v) is 6.98. The van der Waals surface area contributed by atoms with Crippen molar-refractivity contribution in [2.45, 2.75) is 26.9 Å². The molecule has 126 valence electrons. The molecule has 0 amide bonds. The zero-order chi connectivity index (χ0) is 15.9. The Balaban J connectivity index is 0.00000264. The van der Waals surface area contributed by atoms with Crippen molar-refractivity contribution in [1.82, 2.24) is 20.6 Å². The van der Waals surface area contributed by atoms with Crippen molar-refractivity contribution in [1.29, 1.82) is 0 Å². The Bertz CT molecular complexity index is 638. The third-order valence-corrected chi connectivity index (χ3v) is 3.17. The molecule has 0 aliphatic carbocycles. The molecule has 0 saturated heterocycles. The van der Waals surface area contributed by atoms with Crippen molar-refractivity contribution in [3.63, 3.8) is 0 Å². The van der Waals surface area contributed by atoms with Crippen LogP contribution >= 0.6 is 24.0 Å². The summed E-state index contributed by atoms with van der Waals surface area (Å²) in [5.74, 6) is 2.74. The number of pyridine rings is 1. The number of aryl methyl sites for hydroxylation is 2. The van der Waals surface area contributed by atoms with Gasteiger partial charge in [0.25, 0.3) is 0 Å². The van der Waals surface area contributed by atoms with Gasteiger partial charge in [-0.3, -0.25) is 4.99 Å². The van der Waals surface area contributed by atoms with Crippen LogP contribution in [0.4, 0.5) is 0 Å². The Morgan fingerprint density at radius 3 is 2.65 bits per heavy atom. The predicted molar refractivity (Wildman–Crippen MR) is 99.2 cm³/mol. The predicted octanol–water partition coefficient (Wildman–Crippen LogP) is 2.18. The van der Waals surface area contributed by atoms with Crippen LogP contribution in [0.5, 0.6) is 5.88 Å². The molecule has 2 heterocycles. The monoisotopic (exact) mass is 431 g/mol. The molecule has 0 bridgehead atoms. The molecule has 2 rings (SSSR count). The molecule has 0 aromatic carbocycles. The van der Waals surface area contributed by atoms with Crippen molar-refractivity contribution in [3.8, 4) is 5.88 Å². The van der Waals surface area contributed by atoms with Gasteiger partial charge in [-0.2, -0.15) is 0 Å². The van der Waals surface area contributed by atoms with Crippen LogP contribution in [0.3, 0.4) is 0 Å². The second-order valence-electron chi connectivity index (χ2n) is 4.73. The van der Waals surface area contributed by atoms with E-state index in [1.807, 2.05) is 26.0 Å². The first-order valence-electron chi connectivity index (χ1n) is 6.98. The Labute approximate surface area is 153 Å². The van der Waals surface area contributed by atoms with E-state index in [1.54, 1.807) is 20.4 Å². The van der Waals surface area contributed by atoms with Crippen LogP contribution < -0.4 is 15.4 Å². The van der Waals surface area contributed by atoms with E-state index in [0.717, 1.165) is 17.0 Å². The van der Waals surface area contributed by atoms with Gasteiger partial charge in [-0.05, 0) is 25.5 Å². The largest absolute Gasteiger partial charge is 0.481 e. The first-order chi connectivity index (χ1) is 10.6. The molecule has 0 aliphatic rings. The molecular formula is C15H22IN5O2. The van der Waals surface area contributed by atoms with Crippen molar-refractivity contribution in [2.24, 2.45) is 4.99 Å². The van der Waals surface area contributed by atoms with E-state index in [-0.39, 0.29) is 24.0 Å². The molecule has 0 spiro atoms. The summed E-state index contributed by atoms with van der Waals surface area (Å²) < 4.78 is 10.6. The summed E-state index contributed by atoms with van der Waals surface area (Å²) in [6.07, 6.45) is 1.71. The van der Waals surface area contributed by atoms with E-state index < -0.39 is 0 Å². The fourth-order valence-corrected chi connectivity index (χ4v) is 1.85. The molecule has 2 N–H and O–H groups in total. The number of halogens is 1. The van der Waals surface area contributed by atoms with Crippen molar-refractivity contribution in [3.05, 3.63) is 41.2 Å². The summed E-state index contributed by atoms with van der Waals surface area (Å²) in [5, 5.41) is 6.38. The molecule has 0 atom stereocenters. The summed E-state index contributed by atoms with van der Waals surface area (Å²) in [4.78, 5) is 12.6. The molecule has 0 fully saturated rings. The Hall–Kier alpha value is -1.84. The molecule has 7 nitrogen and oxygen atoms in total. The number of hydrogen-bond acceptors (Lipinski definition) is 5. The maximum atomic E-state index is 5.52. The molecule has 2 aromatic rings. The number of hydrogen-bond donors (Lipinski definition) is 2. The zero-order valence-electron chi connectivity index (χ0n) is 13.7. The van der Waals surface area contributed by atoms with E-state index in [2.05, 4.69) is 25.6 Å². The lowest BCUT2D eigenvalue weighted by Crippen LogP contribution is -2.36.